The highest BCUT2D eigenvalue weighted by molar-refractivity contribution is 7.99. The summed E-state index contributed by atoms with van der Waals surface area (Å²) in [7, 11) is 1.58. The summed E-state index contributed by atoms with van der Waals surface area (Å²) < 4.78 is 45.4. The second-order valence-corrected chi connectivity index (χ2v) is 7.17. The number of para-hydroxylation sites is 1. The number of hydrogen-bond donors (Lipinski definition) is 3. The molecule has 12 heteroatoms. The number of benzene rings is 2. The van der Waals surface area contributed by atoms with Gasteiger partial charge in [0.25, 0.3) is 0 Å². The predicted octanol–water partition coefficient (Wildman–Crippen LogP) is 3.36. The molecule has 0 aliphatic heterocycles. The minimum absolute atomic E-state index is 0.187. The number of ether oxygens (including phenoxy) is 1. The standard InChI is InChI=1S/C19H19F3N6O2S/c1-30-13-8-6-12(7-9-13)24-10-16-26-27-18(28(16)23)31-11-17(29)25-15-5-3-2-4-14(15)19(20,21)22/h2-9,24H,10-11,23H2,1H3,(H,25,29). The quantitative estimate of drug-likeness (QED) is 0.355. The number of anilines is 2. The van der Waals surface area contributed by atoms with Crippen molar-refractivity contribution in [3.05, 3.63) is 59.9 Å². The smallest absolute Gasteiger partial charge is 0.418 e. The SMILES string of the molecule is COc1ccc(NCc2nnc(SCC(=O)Nc3ccccc3C(F)(F)F)n2N)cc1. The van der Waals surface area contributed by atoms with Gasteiger partial charge in [-0.25, -0.2) is 4.68 Å². The van der Waals surface area contributed by atoms with Crippen LogP contribution in [0.2, 0.25) is 0 Å². The van der Waals surface area contributed by atoms with Crippen molar-refractivity contribution in [2.45, 2.75) is 17.9 Å². The Morgan fingerprint density at radius 1 is 1.16 bits per heavy atom. The van der Waals surface area contributed by atoms with Crippen molar-refractivity contribution < 1.29 is 22.7 Å². The third kappa shape index (κ3) is 5.81. The Labute approximate surface area is 180 Å². The maximum atomic E-state index is 13.0. The van der Waals surface area contributed by atoms with Gasteiger partial charge in [0.15, 0.2) is 5.82 Å². The summed E-state index contributed by atoms with van der Waals surface area (Å²) in [6.45, 7) is 0.279. The van der Waals surface area contributed by atoms with E-state index in [2.05, 4.69) is 20.8 Å². The van der Waals surface area contributed by atoms with Gasteiger partial charge in [-0.3, -0.25) is 4.79 Å². The van der Waals surface area contributed by atoms with E-state index in [-0.39, 0.29) is 23.1 Å². The summed E-state index contributed by atoms with van der Waals surface area (Å²) in [6.07, 6.45) is -4.57. The zero-order valence-corrected chi connectivity index (χ0v) is 17.1. The van der Waals surface area contributed by atoms with Gasteiger partial charge >= 0.3 is 6.18 Å². The Hall–Kier alpha value is -3.41. The second-order valence-electron chi connectivity index (χ2n) is 6.23. The highest BCUT2D eigenvalue weighted by Crippen LogP contribution is 2.34. The molecule has 0 atom stereocenters. The molecule has 0 radical (unpaired) electrons. The number of alkyl halides is 3. The molecule has 1 aromatic heterocycles. The number of halogens is 3. The van der Waals surface area contributed by atoms with E-state index in [0.29, 0.717) is 5.82 Å². The summed E-state index contributed by atoms with van der Waals surface area (Å²) in [5.41, 5.74) is -0.401. The number of nitrogens with one attached hydrogen (secondary N) is 2. The zero-order valence-electron chi connectivity index (χ0n) is 16.3. The lowest BCUT2D eigenvalue weighted by Gasteiger charge is -2.13. The highest BCUT2D eigenvalue weighted by atomic mass is 32.2. The molecule has 0 fully saturated rings. The summed E-state index contributed by atoms with van der Waals surface area (Å²) >= 11 is 0.962. The first-order valence-electron chi connectivity index (χ1n) is 8.94. The van der Waals surface area contributed by atoms with E-state index in [9.17, 15) is 18.0 Å². The van der Waals surface area contributed by atoms with Gasteiger partial charge in [0.1, 0.15) is 5.75 Å². The molecule has 3 rings (SSSR count). The van der Waals surface area contributed by atoms with Crippen LogP contribution in [0.25, 0.3) is 0 Å². The lowest BCUT2D eigenvalue weighted by Crippen LogP contribution is -2.20. The van der Waals surface area contributed by atoms with Crippen LogP contribution in [0.5, 0.6) is 5.75 Å². The minimum Gasteiger partial charge on any atom is -0.497 e. The maximum absolute atomic E-state index is 13.0. The average Bonchev–Trinajstić information content (AvgIpc) is 3.10. The Balaban J connectivity index is 1.55. The van der Waals surface area contributed by atoms with Crippen molar-refractivity contribution in [3.8, 4) is 5.75 Å². The van der Waals surface area contributed by atoms with E-state index in [4.69, 9.17) is 10.6 Å². The van der Waals surface area contributed by atoms with Gasteiger partial charge in [-0.1, -0.05) is 23.9 Å². The van der Waals surface area contributed by atoms with E-state index >= 15 is 0 Å². The first kappa shape index (κ1) is 22.3. The van der Waals surface area contributed by atoms with Gasteiger partial charge in [-0.2, -0.15) is 13.2 Å². The van der Waals surface area contributed by atoms with Crippen LogP contribution in [0.1, 0.15) is 11.4 Å². The van der Waals surface area contributed by atoms with Crippen LogP contribution in [0, 0.1) is 0 Å². The topological polar surface area (TPSA) is 107 Å². The van der Waals surface area contributed by atoms with E-state index in [1.165, 1.54) is 22.9 Å². The third-order valence-corrected chi connectivity index (χ3v) is 5.06. The van der Waals surface area contributed by atoms with Gasteiger partial charge in [0.05, 0.1) is 30.7 Å². The van der Waals surface area contributed by atoms with Crippen molar-refractivity contribution in [3.63, 3.8) is 0 Å². The normalized spacial score (nSPS) is 11.2. The fourth-order valence-electron chi connectivity index (χ4n) is 2.57. The number of thioether (sulfide) groups is 1. The molecule has 164 valence electrons. The number of methoxy groups -OCH3 is 1. The summed E-state index contributed by atoms with van der Waals surface area (Å²) in [6, 6.07) is 12.0. The van der Waals surface area contributed by atoms with Gasteiger partial charge in [0, 0.05) is 5.69 Å². The van der Waals surface area contributed by atoms with Crippen LogP contribution in [-0.4, -0.2) is 33.6 Å². The van der Waals surface area contributed by atoms with Crippen LogP contribution in [0.3, 0.4) is 0 Å². The van der Waals surface area contributed by atoms with Crippen molar-refractivity contribution in [2.75, 3.05) is 29.3 Å². The molecule has 0 saturated heterocycles. The molecule has 0 aliphatic rings. The van der Waals surface area contributed by atoms with Gasteiger partial charge in [-0.15, -0.1) is 10.2 Å². The Morgan fingerprint density at radius 3 is 2.55 bits per heavy atom. The van der Waals surface area contributed by atoms with Crippen molar-refractivity contribution >= 4 is 29.0 Å². The molecule has 0 unspecified atom stereocenters. The number of carbonyl (C=O) groups excluding carboxylic acids is 1. The van der Waals surface area contributed by atoms with Gasteiger partial charge in [0.2, 0.25) is 11.1 Å². The van der Waals surface area contributed by atoms with Crippen LogP contribution < -0.4 is 21.2 Å². The monoisotopic (exact) mass is 452 g/mol. The van der Waals surface area contributed by atoms with Crippen molar-refractivity contribution in [2.24, 2.45) is 0 Å². The van der Waals surface area contributed by atoms with Gasteiger partial charge < -0.3 is 21.2 Å². The molecule has 0 bridgehead atoms. The molecule has 0 aliphatic carbocycles. The second kappa shape index (κ2) is 9.60. The number of carbonyl (C=O) groups is 1. The van der Waals surface area contributed by atoms with Crippen LogP contribution >= 0.6 is 11.8 Å². The number of hydrogen-bond acceptors (Lipinski definition) is 7. The molecular formula is C19H19F3N6O2S. The Kier molecular flexibility index (Phi) is 6.90. The molecule has 1 amide bonds. The highest BCUT2D eigenvalue weighted by Gasteiger charge is 2.33. The number of amides is 1. The lowest BCUT2D eigenvalue weighted by atomic mass is 10.1. The molecule has 2 aromatic carbocycles. The zero-order chi connectivity index (χ0) is 22.4. The van der Waals surface area contributed by atoms with Gasteiger partial charge in [-0.05, 0) is 36.4 Å². The van der Waals surface area contributed by atoms with Crippen LogP contribution in [-0.2, 0) is 17.5 Å². The van der Waals surface area contributed by atoms with E-state index < -0.39 is 17.6 Å². The summed E-state index contributed by atoms with van der Waals surface area (Å²) in [4.78, 5) is 12.1. The lowest BCUT2D eigenvalue weighted by molar-refractivity contribution is -0.137. The van der Waals surface area contributed by atoms with E-state index in [0.717, 1.165) is 29.3 Å². The predicted molar refractivity (Wildman–Crippen MR) is 111 cm³/mol. The van der Waals surface area contributed by atoms with Crippen molar-refractivity contribution in [1.82, 2.24) is 14.9 Å². The first-order chi connectivity index (χ1) is 14.8. The molecule has 4 N–H and O–H groups in total. The Morgan fingerprint density at radius 2 is 1.87 bits per heavy atom. The third-order valence-electron chi connectivity index (χ3n) is 4.11. The fraction of sp³-hybridized carbons (Fsp3) is 0.211. The van der Waals surface area contributed by atoms with E-state index in [1.807, 2.05) is 12.1 Å². The molecule has 0 saturated carbocycles. The number of rotatable bonds is 8. The molecule has 8 nitrogen and oxygen atoms in total. The summed E-state index contributed by atoms with van der Waals surface area (Å²) in [5.74, 6) is 6.30. The number of nitrogen functional groups attached to an aromatic ring is 1. The minimum atomic E-state index is -4.57. The number of nitrogens with two attached hydrogens (primary N) is 1. The molecule has 3 aromatic rings. The maximum Gasteiger partial charge on any atom is 0.418 e. The van der Waals surface area contributed by atoms with Crippen LogP contribution in [0.4, 0.5) is 24.5 Å². The largest absolute Gasteiger partial charge is 0.497 e. The van der Waals surface area contributed by atoms with E-state index in [1.54, 1.807) is 19.2 Å². The Bertz CT molecular complexity index is 1040. The molecule has 1 heterocycles. The molecular weight excluding hydrogens is 433 g/mol. The summed E-state index contributed by atoms with van der Waals surface area (Å²) in [5, 5.41) is 13.5. The molecule has 31 heavy (non-hydrogen) atoms. The first-order valence-corrected chi connectivity index (χ1v) is 9.92. The average molecular weight is 452 g/mol. The fourth-order valence-corrected chi connectivity index (χ4v) is 3.25. The van der Waals surface area contributed by atoms with Crippen LogP contribution in [0.15, 0.2) is 53.7 Å². The van der Waals surface area contributed by atoms with Crippen molar-refractivity contribution in [1.29, 1.82) is 0 Å². The number of nitrogens with zero attached hydrogens (tertiary/aromatic N) is 3. The number of aromatic nitrogens is 3. The molecule has 0 spiro atoms.